The summed E-state index contributed by atoms with van der Waals surface area (Å²) in [6.45, 7) is 2.75. The van der Waals surface area contributed by atoms with Crippen LogP contribution in [-0.2, 0) is 6.54 Å². The summed E-state index contributed by atoms with van der Waals surface area (Å²) in [5, 5.41) is 3.21. The molecule has 2 N–H and O–H groups in total. The van der Waals surface area contributed by atoms with Gasteiger partial charge < -0.3 is 10.3 Å². The van der Waals surface area contributed by atoms with E-state index in [1.807, 2.05) is 6.07 Å². The smallest absolute Gasteiger partial charge is 0.201 e. The number of halogens is 1. The molecule has 0 bridgehead atoms. The highest BCUT2D eigenvalue weighted by Crippen LogP contribution is 2.16. The van der Waals surface area contributed by atoms with Gasteiger partial charge in [-0.3, -0.25) is 0 Å². The van der Waals surface area contributed by atoms with Crippen molar-refractivity contribution in [3.63, 3.8) is 0 Å². The van der Waals surface area contributed by atoms with E-state index in [1.165, 1.54) is 23.3 Å². The zero-order valence-electron chi connectivity index (χ0n) is 10.6. The number of nitrogens with one attached hydrogen (secondary N) is 2. The van der Waals surface area contributed by atoms with Crippen LogP contribution in [0.4, 0.5) is 10.3 Å². The van der Waals surface area contributed by atoms with Gasteiger partial charge in [-0.25, -0.2) is 9.37 Å². The number of hydrogen-bond donors (Lipinski definition) is 2. The number of nitrogens with zero attached hydrogens (tertiary/aromatic N) is 1. The Morgan fingerprint density at radius 3 is 2.95 bits per heavy atom. The average molecular weight is 255 g/mol. The molecule has 0 saturated carbocycles. The van der Waals surface area contributed by atoms with Crippen molar-refractivity contribution in [2.75, 3.05) is 5.32 Å². The number of hydrogen-bond acceptors (Lipinski definition) is 2. The summed E-state index contributed by atoms with van der Waals surface area (Å²) in [6.07, 6.45) is 0. The molecule has 1 aromatic heterocycles. The second-order valence-corrected chi connectivity index (χ2v) is 4.59. The minimum Gasteiger partial charge on any atom is -0.352 e. The number of H-pyrrole nitrogens is 1. The standard InChI is InChI=1S/C15H14FN3/c1-10-3-2-4-11(7-10)9-17-15-18-13-6-5-12(16)8-14(13)19-15/h2-8H,9H2,1H3,(H2,17,18,19). The predicted molar refractivity (Wildman–Crippen MR) is 74.6 cm³/mol. The summed E-state index contributed by atoms with van der Waals surface area (Å²) in [5.74, 6) is 0.392. The van der Waals surface area contributed by atoms with Crippen LogP contribution in [0.3, 0.4) is 0 Å². The molecule has 0 aliphatic carbocycles. The van der Waals surface area contributed by atoms with Crippen molar-refractivity contribution in [3.05, 3.63) is 59.4 Å². The SMILES string of the molecule is Cc1cccc(CNc2nc3ccc(F)cc3[nH]2)c1. The molecule has 2 aromatic carbocycles. The topological polar surface area (TPSA) is 40.7 Å². The Balaban J connectivity index is 1.78. The summed E-state index contributed by atoms with van der Waals surface area (Å²) in [4.78, 5) is 7.42. The summed E-state index contributed by atoms with van der Waals surface area (Å²) in [5.41, 5.74) is 3.87. The first kappa shape index (κ1) is 11.7. The summed E-state index contributed by atoms with van der Waals surface area (Å²) in [6, 6.07) is 12.8. The van der Waals surface area contributed by atoms with Gasteiger partial charge in [-0.15, -0.1) is 0 Å². The third-order valence-corrected chi connectivity index (χ3v) is 2.99. The molecule has 96 valence electrons. The largest absolute Gasteiger partial charge is 0.352 e. The molecule has 0 atom stereocenters. The van der Waals surface area contributed by atoms with E-state index in [4.69, 9.17) is 0 Å². The number of anilines is 1. The van der Waals surface area contributed by atoms with Gasteiger partial charge in [0, 0.05) is 6.54 Å². The maximum Gasteiger partial charge on any atom is 0.201 e. The second-order valence-electron chi connectivity index (χ2n) is 4.59. The van der Waals surface area contributed by atoms with Crippen molar-refractivity contribution in [1.29, 1.82) is 0 Å². The lowest BCUT2D eigenvalue weighted by molar-refractivity contribution is 0.629. The van der Waals surface area contributed by atoms with Crippen molar-refractivity contribution < 1.29 is 4.39 Å². The maximum atomic E-state index is 13.1. The summed E-state index contributed by atoms with van der Waals surface area (Å²) < 4.78 is 13.1. The molecule has 0 aliphatic heterocycles. The zero-order chi connectivity index (χ0) is 13.2. The van der Waals surface area contributed by atoms with Gasteiger partial charge in [0.2, 0.25) is 5.95 Å². The molecule has 19 heavy (non-hydrogen) atoms. The average Bonchev–Trinajstić information content (AvgIpc) is 2.78. The van der Waals surface area contributed by atoms with Gasteiger partial charge >= 0.3 is 0 Å². The number of benzene rings is 2. The van der Waals surface area contributed by atoms with Gasteiger partial charge in [-0.05, 0) is 30.7 Å². The fraction of sp³-hybridized carbons (Fsp3) is 0.133. The van der Waals surface area contributed by atoms with Crippen LogP contribution >= 0.6 is 0 Å². The molecule has 0 amide bonds. The van der Waals surface area contributed by atoms with Crippen LogP contribution < -0.4 is 5.32 Å². The molecule has 3 rings (SSSR count). The van der Waals surface area contributed by atoms with Gasteiger partial charge in [0.25, 0.3) is 0 Å². The molecule has 0 spiro atoms. The fourth-order valence-electron chi connectivity index (χ4n) is 2.07. The Kier molecular flexibility index (Phi) is 2.91. The third kappa shape index (κ3) is 2.57. The molecule has 1 heterocycles. The normalized spacial score (nSPS) is 10.8. The lowest BCUT2D eigenvalue weighted by Gasteiger charge is -2.03. The highest BCUT2D eigenvalue weighted by molar-refractivity contribution is 5.77. The van der Waals surface area contributed by atoms with E-state index in [-0.39, 0.29) is 5.82 Å². The van der Waals surface area contributed by atoms with E-state index in [0.29, 0.717) is 18.0 Å². The van der Waals surface area contributed by atoms with Crippen molar-refractivity contribution in [2.24, 2.45) is 0 Å². The van der Waals surface area contributed by atoms with E-state index in [0.717, 1.165) is 5.52 Å². The Bertz CT molecular complexity index is 718. The number of imidazole rings is 1. The lowest BCUT2D eigenvalue weighted by atomic mass is 10.1. The lowest BCUT2D eigenvalue weighted by Crippen LogP contribution is -2.00. The molecule has 0 saturated heterocycles. The Morgan fingerprint density at radius 1 is 1.21 bits per heavy atom. The number of rotatable bonds is 3. The Labute approximate surface area is 110 Å². The molecular formula is C15H14FN3. The van der Waals surface area contributed by atoms with Crippen molar-refractivity contribution in [1.82, 2.24) is 9.97 Å². The van der Waals surface area contributed by atoms with Crippen molar-refractivity contribution in [3.8, 4) is 0 Å². The number of aryl methyl sites for hydroxylation is 1. The summed E-state index contributed by atoms with van der Waals surface area (Å²) in [7, 11) is 0. The summed E-state index contributed by atoms with van der Waals surface area (Å²) >= 11 is 0. The number of aromatic amines is 1. The van der Waals surface area contributed by atoms with Crippen LogP contribution in [0.5, 0.6) is 0 Å². The molecule has 0 radical (unpaired) electrons. The third-order valence-electron chi connectivity index (χ3n) is 2.99. The first-order valence-corrected chi connectivity index (χ1v) is 6.15. The fourth-order valence-corrected chi connectivity index (χ4v) is 2.07. The second kappa shape index (κ2) is 4.72. The molecule has 3 aromatic rings. The molecule has 4 heteroatoms. The van der Waals surface area contributed by atoms with Crippen molar-refractivity contribution >= 4 is 17.0 Å². The van der Waals surface area contributed by atoms with Crippen LogP contribution in [0.2, 0.25) is 0 Å². The number of fused-ring (bicyclic) bond motifs is 1. The van der Waals surface area contributed by atoms with Crippen LogP contribution in [0.15, 0.2) is 42.5 Å². The van der Waals surface area contributed by atoms with Crippen LogP contribution in [-0.4, -0.2) is 9.97 Å². The number of aromatic nitrogens is 2. The Hall–Kier alpha value is -2.36. The predicted octanol–water partition coefficient (Wildman–Crippen LogP) is 3.62. The first-order valence-electron chi connectivity index (χ1n) is 6.15. The molecular weight excluding hydrogens is 241 g/mol. The van der Waals surface area contributed by atoms with Crippen LogP contribution in [0.1, 0.15) is 11.1 Å². The van der Waals surface area contributed by atoms with E-state index in [1.54, 1.807) is 6.07 Å². The zero-order valence-corrected chi connectivity index (χ0v) is 10.6. The van der Waals surface area contributed by atoms with E-state index >= 15 is 0 Å². The molecule has 3 nitrogen and oxygen atoms in total. The van der Waals surface area contributed by atoms with E-state index < -0.39 is 0 Å². The Morgan fingerprint density at radius 2 is 2.11 bits per heavy atom. The maximum absolute atomic E-state index is 13.1. The quantitative estimate of drug-likeness (QED) is 0.750. The van der Waals surface area contributed by atoms with E-state index in [9.17, 15) is 4.39 Å². The van der Waals surface area contributed by atoms with Gasteiger partial charge in [0.05, 0.1) is 11.0 Å². The molecule has 0 fully saturated rings. The van der Waals surface area contributed by atoms with Gasteiger partial charge in [-0.2, -0.15) is 0 Å². The van der Waals surface area contributed by atoms with Crippen LogP contribution in [0, 0.1) is 12.7 Å². The van der Waals surface area contributed by atoms with Gasteiger partial charge in [0.1, 0.15) is 5.82 Å². The van der Waals surface area contributed by atoms with E-state index in [2.05, 4.69) is 40.4 Å². The molecule has 0 unspecified atom stereocenters. The minimum absolute atomic E-state index is 0.263. The molecule has 0 aliphatic rings. The monoisotopic (exact) mass is 255 g/mol. The van der Waals surface area contributed by atoms with Gasteiger partial charge in [0.15, 0.2) is 0 Å². The van der Waals surface area contributed by atoms with Crippen LogP contribution in [0.25, 0.3) is 11.0 Å². The minimum atomic E-state index is -0.263. The highest BCUT2D eigenvalue weighted by atomic mass is 19.1. The van der Waals surface area contributed by atoms with Crippen molar-refractivity contribution in [2.45, 2.75) is 13.5 Å². The van der Waals surface area contributed by atoms with Gasteiger partial charge in [-0.1, -0.05) is 29.8 Å². The first-order chi connectivity index (χ1) is 9.20. The highest BCUT2D eigenvalue weighted by Gasteiger charge is 2.03.